The molecule has 3 aromatic rings. The van der Waals surface area contributed by atoms with E-state index in [1.165, 1.54) is 29.0 Å². The predicted molar refractivity (Wildman–Crippen MR) is 120 cm³/mol. The van der Waals surface area contributed by atoms with Gasteiger partial charge in [-0.2, -0.15) is 21.6 Å². The molecule has 0 heterocycles. The van der Waals surface area contributed by atoms with Crippen LogP contribution in [0.1, 0.15) is 11.1 Å². The van der Waals surface area contributed by atoms with E-state index < -0.39 is 21.3 Å². The van der Waals surface area contributed by atoms with E-state index in [4.69, 9.17) is 27.9 Å². The number of sulfonamides is 1. The average molecular weight is 522 g/mol. The third-order valence-corrected chi connectivity index (χ3v) is 6.23. The van der Waals surface area contributed by atoms with E-state index in [0.717, 1.165) is 0 Å². The first-order chi connectivity index (χ1) is 15.5. The second-order valence-electron chi connectivity index (χ2n) is 6.98. The number of anilines is 1. The van der Waals surface area contributed by atoms with Crippen molar-refractivity contribution in [3.05, 3.63) is 87.7 Å². The zero-order chi connectivity index (χ0) is 24.2. The Balaban J connectivity index is 1.57. The molecule has 0 aromatic heterocycles. The van der Waals surface area contributed by atoms with Gasteiger partial charge in [-0.05, 0) is 47.9 Å². The van der Waals surface area contributed by atoms with Gasteiger partial charge >= 0.3 is 15.5 Å². The van der Waals surface area contributed by atoms with Crippen LogP contribution in [0.3, 0.4) is 0 Å². The average Bonchev–Trinajstić information content (AvgIpc) is 2.71. The second kappa shape index (κ2) is 10.3. The predicted octanol–water partition coefficient (Wildman–Crippen LogP) is 6.82. The summed E-state index contributed by atoms with van der Waals surface area (Å²) in [4.78, 5) is 0. The molecule has 1 N–H and O–H groups in total. The highest BCUT2D eigenvalue weighted by molar-refractivity contribution is 7.93. The second-order valence-corrected chi connectivity index (χ2v) is 9.50. The number of halogens is 6. The van der Waals surface area contributed by atoms with Gasteiger partial charge in [0.2, 0.25) is 0 Å². The fourth-order valence-electron chi connectivity index (χ4n) is 2.93. The monoisotopic (exact) mass is 521 g/mol. The van der Waals surface area contributed by atoms with E-state index in [1.54, 1.807) is 36.4 Å². The molecule has 0 unspecified atom stereocenters. The molecule has 0 saturated carbocycles. The van der Waals surface area contributed by atoms with Crippen molar-refractivity contribution < 1.29 is 30.7 Å². The summed E-state index contributed by atoms with van der Waals surface area (Å²) in [7, 11) is -5.50. The normalized spacial score (nSPS) is 12.1. The molecule has 0 saturated heterocycles. The summed E-state index contributed by atoms with van der Waals surface area (Å²) < 4.78 is 81.4. The number of nitrogens with one attached hydrogen (secondary N) is 1. The summed E-state index contributed by atoms with van der Waals surface area (Å²) in [6, 6.07) is 15.0. The first kappa shape index (κ1) is 25.3. The maximum atomic E-state index is 14.5. The summed E-state index contributed by atoms with van der Waals surface area (Å²) >= 11 is 12.0. The molecular formula is C22H17Cl2F4NO3S. The quantitative estimate of drug-likeness (QED) is 0.261. The lowest BCUT2D eigenvalue weighted by molar-refractivity contribution is -0.0429. The number of hydrogen-bond donors (Lipinski definition) is 1. The lowest BCUT2D eigenvalue weighted by Crippen LogP contribution is -2.29. The van der Waals surface area contributed by atoms with Crippen molar-refractivity contribution in [3.63, 3.8) is 0 Å². The van der Waals surface area contributed by atoms with E-state index in [-0.39, 0.29) is 25.3 Å². The van der Waals surface area contributed by atoms with Crippen LogP contribution in [0.2, 0.25) is 10.0 Å². The largest absolute Gasteiger partial charge is 0.516 e. The third kappa shape index (κ3) is 6.60. The van der Waals surface area contributed by atoms with Crippen LogP contribution in [0.4, 0.5) is 23.2 Å². The Morgan fingerprint density at radius 3 is 2.39 bits per heavy atom. The molecule has 0 atom stereocenters. The molecule has 0 amide bonds. The van der Waals surface area contributed by atoms with Gasteiger partial charge in [-0.15, -0.1) is 0 Å². The lowest BCUT2D eigenvalue weighted by atomic mass is 10.0. The Morgan fingerprint density at radius 1 is 0.970 bits per heavy atom. The van der Waals surface area contributed by atoms with Crippen molar-refractivity contribution in [2.45, 2.75) is 18.5 Å². The van der Waals surface area contributed by atoms with Crippen LogP contribution in [-0.2, 0) is 27.8 Å². The van der Waals surface area contributed by atoms with Gasteiger partial charge in [-0.1, -0.05) is 53.5 Å². The summed E-state index contributed by atoms with van der Waals surface area (Å²) in [5.74, 6) is -0.484. The van der Waals surface area contributed by atoms with E-state index in [1.807, 2.05) is 0 Å². The molecule has 0 aliphatic carbocycles. The van der Waals surface area contributed by atoms with Gasteiger partial charge in [-0.25, -0.2) is 4.39 Å². The van der Waals surface area contributed by atoms with Gasteiger partial charge < -0.3 is 4.74 Å². The Kier molecular flexibility index (Phi) is 7.89. The number of hydrogen-bond acceptors (Lipinski definition) is 3. The minimum Gasteiger partial charge on any atom is -0.376 e. The number of alkyl halides is 3. The van der Waals surface area contributed by atoms with Crippen LogP contribution in [0.25, 0.3) is 11.1 Å². The van der Waals surface area contributed by atoms with E-state index >= 15 is 0 Å². The minimum atomic E-state index is -5.50. The van der Waals surface area contributed by atoms with Crippen molar-refractivity contribution >= 4 is 38.9 Å². The van der Waals surface area contributed by atoms with Gasteiger partial charge in [0.1, 0.15) is 5.82 Å². The smallest absolute Gasteiger partial charge is 0.376 e. The van der Waals surface area contributed by atoms with Gasteiger partial charge in [-0.3, -0.25) is 4.72 Å². The third-order valence-electron chi connectivity index (χ3n) is 4.57. The lowest BCUT2D eigenvalue weighted by Gasteiger charge is -2.12. The molecule has 0 bridgehead atoms. The molecule has 4 nitrogen and oxygen atoms in total. The maximum absolute atomic E-state index is 14.5. The molecule has 0 aliphatic heterocycles. The molecule has 0 aliphatic rings. The highest BCUT2D eigenvalue weighted by Crippen LogP contribution is 2.31. The van der Waals surface area contributed by atoms with E-state index in [2.05, 4.69) is 0 Å². The molecule has 0 spiro atoms. The number of ether oxygens (including phenoxy) is 1. The maximum Gasteiger partial charge on any atom is 0.516 e. The van der Waals surface area contributed by atoms with Crippen LogP contribution >= 0.6 is 23.2 Å². The molecule has 0 fully saturated rings. The summed E-state index contributed by atoms with van der Waals surface area (Å²) in [6.07, 6.45) is 0.279. The molecule has 33 heavy (non-hydrogen) atoms. The molecule has 176 valence electrons. The highest BCUT2D eigenvalue weighted by Gasteiger charge is 2.46. The first-order valence-corrected chi connectivity index (χ1v) is 11.7. The molecule has 11 heteroatoms. The standard InChI is InChI=1S/C22H17Cl2F4NO3S/c23-17-6-7-19(20(24)12-17)15-4-5-16(21(25)11-15)13-32-9-8-14-2-1-3-18(10-14)29-33(30,31)22(26,27)28/h1-7,10-12,29H,8-9,13H2. The Morgan fingerprint density at radius 2 is 1.73 bits per heavy atom. The Bertz CT molecular complexity index is 1250. The topological polar surface area (TPSA) is 55.4 Å². The fourth-order valence-corrected chi connectivity index (χ4v) is 4.00. The molecule has 0 radical (unpaired) electrons. The zero-order valence-corrected chi connectivity index (χ0v) is 19.1. The van der Waals surface area contributed by atoms with Crippen LogP contribution in [-0.4, -0.2) is 20.5 Å². The van der Waals surface area contributed by atoms with E-state index in [9.17, 15) is 26.0 Å². The summed E-state index contributed by atoms with van der Waals surface area (Å²) in [5, 5.41) is 0.864. The Hall–Kier alpha value is -2.33. The van der Waals surface area contributed by atoms with Crippen molar-refractivity contribution in [1.82, 2.24) is 0 Å². The number of rotatable bonds is 8. The fraction of sp³-hybridized carbons (Fsp3) is 0.182. The van der Waals surface area contributed by atoms with Crippen LogP contribution in [0, 0.1) is 5.82 Å². The van der Waals surface area contributed by atoms with Gasteiger partial charge in [0.25, 0.3) is 0 Å². The Labute approximate surface area is 198 Å². The molecular weight excluding hydrogens is 505 g/mol. The van der Waals surface area contributed by atoms with Crippen molar-refractivity contribution in [1.29, 1.82) is 0 Å². The van der Waals surface area contributed by atoms with Crippen LogP contribution in [0.5, 0.6) is 0 Å². The van der Waals surface area contributed by atoms with Gasteiger partial charge in [0, 0.05) is 26.9 Å². The van der Waals surface area contributed by atoms with Gasteiger partial charge in [0.05, 0.1) is 13.2 Å². The minimum absolute atomic E-state index is 0.0269. The van der Waals surface area contributed by atoms with Crippen molar-refractivity contribution in [2.24, 2.45) is 0 Å². The summed E-state index contributed by atoms with van der Waals surface area (Å²) in [6.45, 7) is 0.112. The van der Waals surface area contributed by atoms with Crippen LogP contribution in [0.15, 0.2) is 60.7 Å². The highest BCUT2D eigenvalue weighted by atomic mass is 35.5. The van der Waals surface area contributed by atoms with E-state index in [0.29, 0.717) is 32.3 Å². The van der Waals surface area contributed by atoms with Crippen molar-refractivity contribution in [3.8, 4) is 11.1 Å². The van der Waals surface area contributed by atoms with Crippen LogP contribution < -0.4 is 4.72 Å². The molecule has 3 rings (SSSR count). The first-order valence-electron chi connectivity index (χ1n) is 9.46. The summed E-state index contributed by atoms with van der Waals surface area (Å²) in [5.41, 5.74) is -3.55. The molecule has 3 aromatic carbocycles. The van der Waals surface area contributed by atoms with Gasteiger partial charge in [0.15, 0.2) is 0 Å². The van der Waals surface area contributed by atoms with Crippen molar-refractivity contribution in [2.75, 3.05) is 11.3 Å². The SMILES string of the molecule is O=S(=O)(Nc1cccc(CCOCc2ccc(-c3ccc(Cl)cc3Cl)cc2F)c1)C(F)(F)F. The number of benzene rings is 3. The zero-order valence-electron chi connectivity index (χ0n) is 16.8.